The maximum absolute atomic E-state index is 11.9. The number of hydrogen-bond acceptors (Lipinski definition) is 4. The number of nitrogens with one attached hydrogen (secondary N) is 3. The monoisotopic (exact) mass is 290 g/mol. The lowest BCUT2D eigenvalue weighted by atomic mass is 10.1. The van der Waals surface area contributed by atoms with E-state index in [4.69, 9.17) is 0 Å². The van der Waals surface area contributed by atoms with Gasteiger partial charge < -0.3 is 5.32 Å². The van der Waals surface area contributed by atoms with Crippen LogP contribution in [0.4, 0.5) is 0 Å². The van der Waals surface area contributed by atoms with E-state index < -0.39 is 0 Å². The molecule has 1 heterocycles. The molecule has 2 amide bonds. The summed E-state index contributed by atoms with van der Waals surface area (Å²) in [5, 5.41) is 3.36. The highest BCUT2D eigenvalue weighted by atomic mass is 16.2. The van der Waals surface area contributed by atoms with Gasteiger partial charge in [-0.05, 0) is 26.0 Å². The van der Waals surface area contributed by atoms with E-state index >= 15 is 0 Å². The van der Waals surface area contributed by atoms with E-state index in [-0.39, 0.29) is 18.4 Å². The highest BCUT2D eigenvalue weighted by Crippen LogP contribution is 2.05. The minimum absolute atomic E-state index is 0.208. The lowest BCUT2D eigenvalue weighted by Gasteiger charge is -2.36. The number of rotatable bonds is 3. The Morgan fingerprint density at radius 3 is 2.67 bits per heavy atom. The van der Waals surface area contributed by atoms with Gasteiger partial charge in [0.05, 0.1) is 6.54 Å². The summed E-state index contributed by atoms with van der Waals surface area (Å²) in [6.45, 7) is 6.14. The molecule has 0 saturated carbocycles. The SMILES string of the molecule is CC1CN(CC(=O)NNC(=O)c2ccccc2)C(C)CN1. The molecule has 21 heavy (non-hydrogen) atoms. The van der Waals surface area contributed by atoms with Gasteiger partial charge in [-0.15, -0.1) is 0 Å². The van der Waals surface area contributed by atoms with Crippen LogP contribution in [0.25, 0.3) is 0 Å². The van der Waals surface area contributed by atoms with Crippen LogP contribution in [0.15, 0.2) is 30.3 Å². The van der Waals surface area contributed by atoms with E-state index in [1.54, 1.807) is 24.3 Å². The van der Waals surface area contributed by atoms with Gasteiger partial charge in [0.1, 0.15) is 0 Å². The van der Waals surface area contributed by atoms with Crippen molar-refractivity contribution < 1.29 is 9.59 Å². The molecule has 6 nitrogen and oxygen atoms in total. The molecule has 0 bridgehead atoms. The molecule has 0 radical (unpaired) electrons. The Hall–Kier alpha value is -1.92. The first kappa shape index (κ1) is 15.5. The highest BCUT2D eigenvalue weighted by Gasteiger charge is 2.24. The smallest absolute Gasteiger partial charge is 0.269 e. The standard InChI is InChI=1S/C15H22N4O2/c1-11-9-19(12(2)8-16-11)10-14(20)17-18-15(21)13-6-4-3-5-7-13/h3-7,11-12,16H,8-10H2,1-2H3,(H,17,20)(H,18,21). The summed E-state index contributed by atoms with van der Waals surface area (Å²) in [5.41, 5.74) is 5.41. The summed E-state index contributed by atoms with van der Waals surface area (Å²) < 4.78 is 0. The number of nitrogens with zero attached hydrogens (tertiary/aromatic N) is 1. The van der Waals surface area contributed by atoms with Crippen molar-refractivity contribution in [3.8, 4) is 0 Å². The molecular weight excluding hydrogens is 268 g/mol. The van der Waals surface area contributed by atoms with Crippen LogP contribution in [0.1, 0.15) is 24.2 Å². The summed E-state index contributed by atoms with van der Waals surface area (Å²) in [6, 6.07) is 9.46. The Kier molecular flexibility index (Phi) is 5.30. The van der Waals surface area contributed by atoms with Crippen molar-refractivity contribution in [3.63, 3.8) is 0 Å². The van der Waals surface area contributed by atoms with Crippen molar-refractivity contribution in [1.29, 1.82) is 0 Å². The minimum Gasteiger partial charge on any atom is -0.311 e. The van der Waals surface area contributed by atoms with Crippen molar-refractivity contribution in [1.82, 2.24) is 21.1 Å². The molecule has 2 atom stereocenters. The zero-order valence-electron chi connectivity index (χ0n) is 12.4. The van der Waals surface area contributed by atoms with Crippen LogP contribution < -0.4 is 16.2 Å². The topological polar surface area (TPSA) is 73.5 Å². The lowest BCUT2D eigenvalue weighted by Crippen LogP contribution is -2.57. The molecule has 2 rings (SSSR count). The Balaban J connectivity index is 1.78. The number of piperazine rings is 1. The molecule has 0 spiro atoms. The molecular formula is C15H22N4O2. The van der Waals surface area contributed by atoms with Crippen LogP contribution in [-0.4, -0.2) is 48.4 Å². The van der Waals surface area contributed by atoms with E-state index in [1.807, 2.05) is 6.07 Å². The zero-order valence-corrected chi connectivity index (χ0v) is 12.4. The van der Waals surface area contributed by atoms with Crippen molar-refractivity contribution in [2.24, 2.45) is 0 Å². The quantitative estimate of drug-likeness (QED) is 0.692. The molecule has 114 valence electrons. The first-order chi connectivity index (χ1) is 10.1. The van der Waals surface area contributed by atoms with Gasteiger partial charge in [0.25, 0.3) is 11.8 Å². The Morgan fingerprint density at radius 1 is 1.24 bits per heavy atom. The molecule has 2 unspecified atom stereocenters. The predicted molar refractivity (Wildman–Crippen MR) is 80.6 cm³/mol. The van der Waals surface area contributed by atoms with Crippen molar-refractivity contribution in [3.05, 3.63) is 35.9 Å². The first-order valence-corrected chi connectivity index (χ1v) is 7.18. The van der Waals surface area contributed by atoms with Gasteiger partial charge in [0.15, 0.2) is 0 Å². The zero-order chi connectivity index (χ0) is 15.2. The van der Waals surface area contributed by atoms with E-state index in [1.165, 1.54) is 0 Å². The molecule has 1 aliphatic heterocycles. The number of hydrogen-bond donors (Lipinski definition) is 3. The van der Waals surface area contributed by atoms with Crippen LogP contribution in [0, 0.1) is 0 Å². The Bertz CT molecular complexity index is 492. The molecule has 0 aliphatic carbocycles. The molecule has 3 N–H and O–H groups in total. The number of hydrazine groups is 1. The summed E-state index contributed by atoms with van der Waals surface area (Å²) >= 11 is 0. The van der Waals surface area contributed by atoms with E-state index in [0.717, 1.165) is 13.1 Å². The maximum atomic E-state index is 11.9. The average Bonchev–Trinajstić information content (AvgIpc) is 2.49. The number of benzene rings is 1. The summed E-state index contributed by atoms with van der Waals surface area (Å²) in [5.74, 6) is -0.522. The number of carbonyl (C=O) groups excluding carboxylic acids is 2. The van der Waals surface area contributed by atoms with E-state index in [9.17, 15) is 9.59 Å². The van der Waals surface area contributed by atoms with E-state index in [0.29, 0.717) is 17.6 Å². The fourth-order valence-electron chi connectivity index (χ4n) is 2.33. The number of amides is 2. The molecule has 6 heteroatoms. The van der Waals surface area contributed by atoms with Crippen LogP contribution in [0.2, 0.25) is 0 Å². The molecule has 0 aromatic heterocycles. The van der Waals surface area contributed by atoms with Gasteiger partial charge in [-0.2, -0.15) is 0 Å². The largest absolute Gasteiger partial charge is 0.311 e. The van der Waals surface area contributed by atoms with E-state index in [2.05, 4.69) is 34.9 Å². The van der Waals surface area contributed by atoms with Crippen LogP contribution in [0.3, 0.4) is 0 Å². The summed E-state index contributed by atoms with van der Waals surface area (Å²) in [7, 11) is 0. The van der Waals surface area contributed by atoms with Crippen LogP contribution in [0.5, 0.6) is 0 Å². The molecule has 1 aromatic carbocycles. The minimum atomic E-state index is -0.314. The third-order valence-corrected chi connectivity index (χ3v) is 3.59. The van der Waals surface area contributed by atoms with Crippen molar-refractivity contribution in [2.45, 2.75) is 25.9 Å². The second kappa shape index (κ2) is 7.19. The van der Waals surface area contributed by atoms with Gasteiger partial charge in [-0.25, -0.2) is 0 Å². The third kappa shape index (κ3) is 4.54. The third-order valence-electron chi connectivity index (χ3n) is 3.59. The fourth-order valence-corrected chi connectivity index (χ4v) is 2.33. The molecule has 1 fully saturated rings. The molecule has 1 saturated heterocycles. The van der Waals surface area contributed by atoms with Gasteiger partial charge in [0.2, 0.25) is 0 Å². The van der Waals surface area contributed by atoms with Gasteiger partial charge in [-0.3, -0.25) is 25.3 Å². The first-order valence-electron chi connectivity index (χ1n) is 7.18. The average molecular weight is 290 g/mol. The van der Waals surface area contributed by atoms with Gasteiger partial charge in [0, 0.05) is 30.7 Å². The van der Waals surface area contributed by atoms with Crippen molar-refractivity contribution >= 4 is 11.8 Å². The van der Waals surface area contributed by atoms with Crippen LogP contribution >= 0.6 is 0 Å². The summed E-state index contributed by atoms with van der Waals surface area (Å²) in [6.07, 6.45) is 0. The fraction of sp³-hybridized carbons (Fsp3) is 0.467. The second-order valence-electron chi connectivity index (χ2n) is 5.46. The molecule has 1 aliphatic rings. The summed E-state index contributed by atoms with van der Waals surface area (Å²) in [4.78, 5) is 25.8. The maximum Gasteiger partial charge on any atom is 0.269 e. The highest BCUT2D eigenvalue weighted by molar-refractivity contribution is 5.95. The Labute approximate surface area is 124 Å². The van der Waals surface area contributed by atoms with Gasteiger partial charge in [-0.1, -0.05) is 18.2 Å². The second-order valence-corrected chi connectivity index (χ2v) is 5.46. The Morgan fingerprint density at radius 2 is 1.95 bits per heavy atom. The predicted octanol–water partition coefficient (Wildman–Crippen LogP) is 0.130. The number of carbonyl (C=O) groups is 2. The van der Waals surface area contributed by atoms with Crippen molar-refractivity contribution in [2.75, 3.05) is 19.6 Å². The van der Waals surface area contributed by atoms with Crippen LogP contribution in [-0.2, 0) is 4.79 Å². The van der Waals surface area contributed by atoms with Gasteiger partial charge >= 0.3 is 0 Å². The molecule has 1 aromatic rings. The normalized spacial score (nSPS) is 22.6. The lowest BCUT2D eigenvalue weighted by molar-refractivity contribution is -0.123.